The fraction of sp³-hybridized carbons (Fsp3) is 0.538. The van der Waals surface area contributed by atoms with Crippen molar-refractivity contribution in [2.75, 3.05) is 39.9 Å². The lowest BCUT2D eigenvalue weighted by Crippen LogP contribution is -2.52. The number of piperidine rings is 2. The van der Waals surface area contributed by atoms with Gasteiger partial charge in [-0.25, -0.2) is 4.98 Å². The summed E-state index contributed by atoms with van der Waals surface area (Å²) in [7, 11) is 1.53. The molecule has 0 aliphatic carbocycles. The molecule has 2 aromatic rings. The van der Waals surface area contributed by atoms with Crippen molar-refractivity contribution in [2.45, 2.75) is 45.4 Å². The number of hydrogen-bond acceptors (Lipinski definition) is 6. The lowest BCUT2D eigenvalue weighted by atomic mass is 9.78. The normalized spacial score (nSPS) is 18.6. The monoisotopic (exact) mass is 466 g/mol. The maximum absolute atomic E-state index is 13.4. The van der Waals surface area contributed by atoms with Crippen LogP contribution >= 0.6 is 0 Å². The summed E-state index contributed by atoms with van der Waals surface area (Å²) in [6.45, 7) is 6.67. The van der Waals surface area contributed by atoms with Crippen LogP contribution in [-0.4, -0.2) is 71.5 Å². The summed E-state index contributed by atoms with van der Waals surface area (Å²) >= 11 is 0. The van der Waals surface area contributed by atoms with Crippen molar-refractivity contribution >= 4 is 11.8 Å². The Morgan fingerprint density at radius 1 is 1.03 bits per heavy atom. The van der Waals surface area contributed by atoms with Crippen LogP contribution in [0, 0.1) is 12.3 Å². The Morgan fingerprint density at radius 2 is 1.71 bits per heavy atom. The number of aryl methyl sites for hydroxylation is 1. The van der Waals surface area contributed by atoms with Gasteiger partial charge in [0.25, 0.3) is 0 Å². The Bertz CT molecular complexity index is 997. The number of carbonyl (C=O) groups is 2. The molecule has 0 bridgehead atoms. The Kier molecular flexibility index (Phi) is 7.46. The molecule has 0 atom stereocenters. The van der Waals surface area contributed by atoms with E-state index in [1.165, 1.54) is 7.11 Å². The Balaban J connectivity index is 1.34. The SMILES string of the molecule is COCC(=O)N1CCC(C)(C(=O)N2CCC(c3nc(C)cc(Oc4ccccc4)n3)CC2)CC1. The fourth-order valence-electron chi connectivity index (χ4n) is 4.81. The van der Waals surface area contributed by atoms with Crippen molar-refractivity contribution in [3.63, 3.8) is 0 Å². The van der Waals surface area contributed by atoms with E-state index in [0.29, 0.717) is 44.9 Å². The summed E-state index contributed by atoms with van der Waals surface area (Å²) in [4.78, 5) is 38.6. The first kappa shape index (κ1) is 24.1. The van der Waals surface area contributed by atoms with Crippen LogP contribution in [0.1, 0.15) is 50.0 Å². The number of nitrogens with zero attached hydrogens (tertiary/aromatic N) is 4. The molecular formula is C26H34N4O4. The third-order valence-corrected chi connectivity index (χ3v) is 6.96. The highest BCUT2D eigenvalue weighted by Crippen LogP contribution is 2.36. The molecule has 0 unspecified atom stereocenters. The standard InChI is InChI=1S/C26H34N4O4/c1-19-17-22(34-21-7-5-4-6-8-21)28-24(27-19)20-9-13-30(14-10-20)25(32)26(2)11-15-29(16-12-26)23(31)18-33-3/h4-8,17,20H,9-16,18H2,1-3H3. The summed E-state index contributed by atoms with van der Waals surface area (Å²) < 4.78 is 10.9. The maximum Gasteiger partial charge on any atom is 0.248 e. The van der Waals surface area contributed by atoms with Gasteiger partial charge >= 0.3 is 0 Å². The number of benzene rings is 1. The number of hydrogen-bond donors (Lipinski definition) is 0. The first-order chi connectivity index (χ1) is 16.4. The lowest BCUT2D eigenvalue weighted by Gasteiger charge is -2.42. The summed E-state index contributed by atoms with van der Waals surface area (Å²) in [5.41, 5.74) is 0.449. The first-order valence-electron chi connectivity index (χ1n) is 12.0. The molecule has 3 heterocycles. The van der Waals surface area contributed by atoms with Crippen LogP contribution in [0.3, 0.4) is 0 Å². The minimum Gasteiger partial charge on any atom is -0.439 e. The molecule has 182 valence electrons. The molecule has 2 amide bonds. The number of amides is 2. The molecule has 8 nitrogen and oxygen atoms in total. The molecule has 2 aliphatic rings. The van der Waals surface area contributed by atoms with E-state index in [9.17, 15) is 9.59 Å². The van der Waals surface area contributed by atoms with Gasteiger partial charge in [-0.3, -0.25) is 9.59 Å². The smallest absolute Gasteiger partial charge is 0.248 e. The van der Waals surface area contributed by atoms with Crippen molar-refractivity contribution in [1.29, 1.82) is 0 Å². The second kappa shape index (κ2) is 10.5. The second-order valence-electron chi connectivity index (χ2n) is 9.56. The van der Waals surface area contributed by atoms with Gasteiger partial charge in [-0.05, 0) is 44.7 Å². The first-order valence-corrected chi connectivity index (χ1v) is 12.0. The number of likely N-dealkylation sites (tertiary alicyclic amines) is 2. The minimum absolute atomic E-state index is 0.00780. The van der Waals surface area contributed by atoms with Crippen LogP contribution in [-0.2, 0) is 14.3 Å². The number of para-hydroxylation sites is 1. The Hall–Kier alpha value is -3.00. The summed E-state index contributed by atoms with van der Waals surface area (Å²) in [6.07, 6.45) is 3.02. The lowest BCUT2D eigenvalue weighted by molar-refractivity contribution is -0.149. The van der Waals surface area contributed by atoms with Crippen LogP contribution in [0.4, 0.5) is 0 Å². The van der Waals surface area contributed by atoms with Crippen LogP contribution < -0.4 is 4.74 Å². The highest BCUT2D eigenvalue weighted by Gasteiger charge is 2.41. The van der Waals surface area contributed by atoms with Crippen LogP contribution in [0.15, 0.2) is 36.4 Å². The van der Waals surface area contributed by atoms with Gasteiger partial charge in [-0.1, -0.05) is 25.1 Å². The third-order valence-electron chi connectivity index (χ3n) is 6.96. The van der Waals surface area contributed by atoms with Gasteiger partial charge in [-0.2, -0.15) is 4.98 Å². The molecule has 4 rings (SSSR count). The van der Waals surface area contributed by atoms with Gasteiger partial charge in [0.15, 0.2) is 0 Å². The third kappa shape index (κ3) is 5.55. The van der Waals surface area contributed by atoms with E-state index < -0.39 is 5.41 Å². The second-order valence-corrected chi connectivity index (χ2v) is 9.56. The Morgan fingerprint density at radius 3 is 2.35 bits per heavy atom. The molecular weight excluding hydrogens is 432 g/mol. The van der Waals surface area contributed by atoms with Crippen molar-refractivity contribution in [1.82, 2.24) is 19.8 Å². The molecule has 1 aromatic heterocycles. The molecule has 0 spiro atoms. The minimum atomic E-state index is -0.423. The largest absolute Gasteiger partial charge is 0.439 e. The van der Waals surface area contributed by atoms with Gasteiger partial charge in [-0.15, -0.1) is 0 Å². The molecule has 0 saturated carbocycles. The fourth-order valence-corrected chi connectivity index (χ4v) is 4.81. The molecule has 0 N–H and O–H groups in total. The number of methoxy groups -OCH3 is 1. The highest BCUT2D eigenvalue weighted by atomic mass is 16.5. The highest BCUT2D eigenvalue weighted by molar-refractivity contribution is 5.83. The van der Waals surface area contributed by atoms with E-state index in [2.05, 4.69) is 9.97 Å². The number of carbonyl (C=O) groups excluding carboxylic acids is 2. The quantitative estimate of drug-likeness (QED) is 0.647. The molecule has 34 heavy (non-hydrogen) atoms. The zero-order valence-electron chi connectivity index (χ0n) is 20.3. The molecule has 8 heteroatoms. The van der Waals surface area contributed by atoms with Crippen LogP contribution in [0.25, 0.3) is 0 Å². The number of rotatable bonds is 6. The van der Waals surface area contributed by atoms with Gasteiger partial charge < -0.3 is 19.3 Å². The van der Waals surface area contributed by atoms with Crippen molar-refractivity contribution < 1.29 is 19.1 Å². The van der Waals surface area contributed by atoms with Crippen molar-refractivity contribution in [3.05, 3.63) is 47.9 Å². The van der Waals surface area contributed by atoms with Crippen LogP contribution in [0.5, 0.6) is 11.6 Å². The number of ether oxygens (including phenoxy) is 2. The zero-order chi connectivity index (χ0) is 24.1. The molecule has 1 aromatic carbocycles. The molecule has 2 saturated heterocycles. The van der Waals surface area contributed by atoms with Gasteiger partial charge in [0.2, 0.25) is 17.7 Å². The average molecular weight is 467 g/mol. The van der Waals surface area contributed by atoms with Crippen LogP contribution in [0.2, 0.25) is 0 Å². The van der Waals surface area contributed by atoms with E-state index in [-0.39, 0.29) is 24.3 Å². The zero-order valence-corrected chi connectivity index (χ0v) is 20.3. The predicted molar refractivity (Wildman–Crippen MR) is 128 cm³/mol. The molecule has 2 aliphatic heterocycles. The van der Waals surface area contributed by atoms with E-state index in [4.69, 9.17) is 9.47 Å². The van der Waals surface area contributed by atoms with Gasteiger partial charge in [0, 0.05) is 56.4 Å². The number of aromatic nitrogens is 2. The summed E-state index contributed by atoms with van der Waals surface area (Å²) in [5.74, 6) is 2.47. The maximum atomic E-state index is 13.4. The van der Waals surface area contributed by atoms with Crippen molar-refractivity contribution in [2.24, 2.45) is 5.41 Å². The van der Waals surface area contributed by atoms with E-state index in [1.54, 1.807) is 4.90 Å². The van der Waals surface area contributed by atoms with E-state index in [0.717, 1.165) is 30.1 Å². The predicted octanol–water partition coefficient (Wildman–Crippen LogP) is 3.56. The van der Waals surface area contributed by atoms with E-state index in [1.807, 2.05) is 55.1 Å². The summed E-state index contributed by atoms with van der Waals surface area (Å²) in [6, 6.07) is 11.5. The molecule has 2 fully saturated rings. The van der Waals surface area contributed by atoms with Gasteiger partial charge in [0.1, 0.15) is 18.2 Å². The average Bonchev–Trinajstić information content (AvgIpc) is 2.84. The van der Waals surface area contributed by atoms with E-state index >= 15 is 0 Å². The summed E-state index contributed by atoms with van der Waals surface area (Å²) in [5, 5.41) is 0. The van der Waals surface area contributed by atoms with Gasteiger partial charge in [0.05, 0.1) is 0 Å². The van der Waals surface area contributed by atoms with Crippen molar-refractivity contribution in [3.8, 4) is 11.6 Å². The Labute approximate surface area is 201 Å². The topological polar surface area (TPSA) is 84.9 Å². The molecule has 0 radical (unpaired) electrons.